The summed E-state index contributed by atoms with van der Waals surface area (Å²) in [6, 6.07) is 12.3. The topological polar surface area (TPSA) is 68.9 Å². The molecule has 1 aromatic heterocycles. The van der Waals surface area contributed by atoms with Crippen LogP contribution in [0.1, 0.15) is 16.7 Å². The van der Waals surface area contributed by atoms with Gasteiger partial charge in [0.1, 0.15) is 6.54 Å². The third-order valence-corrected chi connectivity index (χ3v) is 5.88. The number of hydrogen-bond acceptors (Lipinski definition) is 3. The van der Waals surface area contributed by atoms with Crippen molar-refractivity contribution >= 4 is 22.8 Å². The number of fused-ring (bicyclic) bond motifs is 1. The third-order valence-electron chi connectivity index (χ3n) is 5.88. The van der Waals surface area contributed by atoms with Crippen LogP contribution < -0.4 is 0 Å². The quantitative estimate of drug-likeness (QED) is 0.445. The number of halogens is 3. The molecule has 3 rings (SSSR count). The van der Waals surface area contributed by atoms with E-state index in [1.807, 2.05) is 30.5 Å². The first-order valence-corrected chi connectivity index (χ1v) is 11.5. The van der Waals surface area contributed by atoms with Gasteiger partial charge < -0.3 is 24.4 Å². The first-order valence-electron chi connectivity index (χ1n) is 11.5. The molecule has 1 heterocycles. The maximum absolute atomic E-state index is 13.4. The number of alkyl halides is 3. The van der Waals surface area contributed by atoms with Gasteiger partial charge in [-0.3, -0.25) is 4.79 Å². The van der Waals surface area contributed by atoms with Gasteiger partial charge in [0.15, 0.2) is 0 Å². The highest BCUT2D eigenvalue weighted by molar-refractivity contribution is 5.85. The number of urea groups is 1. The molecule has 0 radical (unpaired) electrons. The van der Waals surface area contributed by atoms with Crippen LogP contribution in [0, 0.1) is 0 Å². The molecule has 194 valence electrons. The standard InChI is InChI=1S/C26H31F3N4O3/c1-31(2)25(35)33(14-15-36-3)18-24(34)32(17-19-8-10-21(11-9-19)26(27,28)29)13-12-20-16-30-23-7-5-4-6-22(20)23/h4-11,16,30H,12-15,17-18H2,1-3H3. The molecule has 36 heavy (non-hydrogen) atoms. The lowest BCUT2D eigenvalue weighted by atomic mass is 10.1. The molecular formula is C26H31F3N4O3. The van der Waals surface area contributed by atoms with Crippen LogP contribution in [0.15, 0.2) is 54.7 Å². The molecule has 0 bridgehead atoms. The Bertz CT molecular complexity index is 1160. The second-order valence-electron chi connectivity index (χ2n) is 8.71. The number of hydrogen-bond donors (Lipinski definition) is 1. The molecule has 0 aliphatic heterocycles. The van der Waals surface area contributed by atoms with Crippen molar-refractivity contribution in [2.75, 3.05) is 47.4 Å². The largest absolute Gasteiger partial charge is 0.416 e. The molecule has 0 unspecified atom stereocenters. The average molecular weight is 505 g/mol. The minimum absolute atomic E-state index is 0.119. The monoisotopic (exact) mass is 504 g/mol. The fraction of sp³-hybridized carbons (Fsp3) is 0.385. The van der Waals surface area contributed by atoms with Crippen molar-refractivity contribution in [2.24, 2.45) is 0 Å². The van der Waals surface area contributed by atoms with Crippen LogP contribution in [0.5, 0.6) is 0 Å². The van der Waals surface area contributed by atoms with Crippen LogP contribution in [0.4, 0.5) is 18.0 Å². The number of H-pyrrole nitrogens is 1. The highest BCUT2D eigenvalue weighted by Crippen LogP contribution is 2.29. The second-order valence-corrected chi connectivity index (χ2v) is 8.71. The van der Waals surface area contributed by atoms with Gasteiger partial charge in [-0.05, 0) is 35.7 Å². The molecule has 0 atom stereocenters. The van der Waals surface area contributed by atoms with Crippen molar-refractivity contribution in [2.45, 2.75) is 19.1 Å². The predicted octanol–water partition coefficient (Wildman–Crippen LogP) is 4.39. The van der Waals surface area contributed by atoms with Crippen molar-refractivity contribution in [3.8, 4) is 0 Å². The molecular weight excluding hydrogens is 473 g/mol. The summed E-state index contributed by atoms with van der Waals surface area (Å²) < 4.78 is 44.0. The van der Waals surface area contributed by atoms with Gasteiger partial charge in [0, 0.05) is 57.9 Å². The fourth-order valence-electron chi connectivity index (χ4n) is 3.90. The van der Waals surface area contributed by atoms with E-state index in [9.17, 15) is 22.8 Å². The number of para-hydroxylation sites is 1. The number of carbonyl (C=O) groups excluding carboxylic acids is 2. The van der Waals surface area contributed by atoms with E-state index in [-0.39, 0.29) is 38.2 Å². The zero-order valence-corrected chi connectivity index (χ0v) is 20.6. The molecule has 3 amide bonds. The lowest BCUT2D eigenvalue weighted by Gasteiger charge is -2.29. The van der Waals surface area contributed by atoms with Crippen LogP contribution in [-0.4, -0.2) is 79.1 Å². The molecule has 7 nitrogen and oxygen atoms in total. The summed E-state index contributed by atoms with van der Waals surface area (Å²) in [5.41, 5.74) is 1.83. The maximum Gasteiger partial charge on any atom is 0.416 e. The summed E-state index contributed by atoms with van der Waals surface area (Å²) in [4.78, 5) is 33.6. The van der Waals surface area contributed by atoms with Gasteiger partial charge in [0.05, 0.1) is 12.2 Å². The van der Waals surface area contributed by atoms with Crippen LogP contribution in [-0.2, 0) is 28.7 Å². The predicted molar refractivity (Wildman–Crippen MR) is 131 cm³/mol. The molecule has 0 saturated carbocycles. The van der Waals surface area contributed by atoms with Gasteiger partial charge in [-0.1, -0.05) is 30.3 Å². The molecule has 0 aliphatic carbocycles. The SMILES string of the molecule is COCCN(CC(=O)N(CCc1c[nH]c2ccccc12)Cc1ccc(C(F)(F)F)cc1)C(=O)N(C)C. The van der Waals surface area contributed by atoms with Crippen LogP contribution in [0.2, 0.25) is 0 Å². The molecule has 0 spiro atoms. The van der Waals surface area contributed by atoms with Crippen molar-refractivity contribution in [3.05, 3.63) is 71.4 Å². The molecule has 10 heteroatoms. The minimum atomic E-state index is -4.43. The molecule has 3 aromatic rings. The number of nitrogens with zero attached hydrogens (tertiary/aromatic N) is 3. The first-order chi connectivity index (χ1) is 17.1. The zero-order valence-electron chi connectivity index (χ0n) is 20.6. The van der Waals surface area contributed by atoms with Crippen molar-refractivity contribution in [3.63, 3.8) is 0 Å². The van der Waals surface area contributed by atoms with Crippen LogP contribution in [0.25, 0.3) is 10.9 Å². The minimum Gasteiger partial charge on any atom is -0.383 e. The Kier molecular flexibility index (Phi) is 8.98. The van der Waals surface area contributed by atoms with Crippen molar-refractivity contribution in [1.29, 1.82) is 0 Å². The number of benzene rings is 2. The van der Waals surface area contributed by atoms with E-state index in [2.05, 4.69) is 4.98 Å². The number of aromatic nitrogens is 1. The average Bonchev–Trinajstić information content (AvgIpc) is 3.26. The number of aromatic amines is 1. The van der Waals surface area contributed by atoms with Gasteiger partial charge in [-0.25, -0.2) is 4.79 Å². The Morgan fingerprint density at radius 1 is 0.972 bits per heavy atom. The van der Waals surface area contributed by atoms with Gasteiger partial charge in [0.25, 0.3) is 0 Å². The smallest absolute Gasteiger partial charge is 0.383 e. The van der Waals surface area contributed by atoms with Crippen molar-refractivity contribution < 1.29 is 27.5 Å². The first kappa shape index (κ1) is 27.1. The van der Waals surface area contributed by atoms with Crippen LogP contribution >= 0.6 is 0 Å². The van der Waals surface area contributed by atoms with E-state index >= 15 is 0 Å². The number of nitrogens with one attached hydrogen (secondary N) is 1. The van der Waals surface area contributed by atoms with E-state index in [1.165, 1.54) is 29.0 Å². The number of amides is 3. The highest BCUT2D eigenvalue weighted by atomic mass is 19.4. The summed E-state index contributed by atoms with van der Waals surface area (Å²) >= 11 is 0. The summed E-state index contributed by atoms with van der Waals surface area (Å²) in [5.74, 6) is -0.305. The van der Waals surface area contributed by atoms with E-state index in [0.717, 1.165) is 28.6 Å². The Morgan fingerprint density at radius 3 is 2.31 bits per heavy atom. The zero-order chi connectivity index (χ0) is 26.3. The lowest BCUT2D eigenvalue weighted by molar-refractivity contribution is -0.137. The third kappa shape index (κ3) is 7.00. The fourth-order valence-corrected chi connectivity index (χ4v) is 3.90. The van der Waals surface area contributed by atoms with Gasteiger partial charge in [0.2, 0.25) is 5.91 Å². The molecule has 0 saturated heterocycles. The molecule has 0 aliphatic rings. The Balaban J connectivity index is 1.81. The molecule has 0 fully saturated rings. The Hall–Kier alpha value is -3.53. The van der Waals surface area contributed by atoms with E-state index < -0.39 is 11.7 Å². The summed E-state index contributed by atoms with van der Waals surface area (Å²) in [7, 11) is 4.71. The Labute approximate surface area is 208 Å². The highest BCUT2D eigenvalue weighted by Gasteiger charge is 2.30. The normalized spacial score (nSPS) is 11.5. The molecule has 2 aromatic carbocycles. The summed E-state index contributed by atoms with van der Waals surface area (Å²) in [5, 5.41) is 1.05. The number of rotatable bonds is 10. The number of methoxy groups -OCH3 is 1. The van der Waals surface area contributed by atoms with E-state index in [1.54, 1.807) is 19.0 Å². The van der Waals surface area contributed by atoms with E-state index in [0.29, 0.717) is 18.5 Å². The van der Waals surface area contributed by atoms with Crippen LogP contribution in [0.3, 0.4) is 0 Å². The Morgan fingerprint density at radius 2 is 1.67 bits per heavy atom. The number of ether oxygens (including phenoxy) is 1. The summed E-state index contributed by atoms with van der Waals surface area (Å²) in [6.45, 7) is 0.773. The van der Waals surface area contributed by atoms with Gasteiger partial charge >= 0.3 is 12.2 Å². The summed E-state index contributed by atoms with van der Waals surface area (Å²) in [6.07, 6.45) is -2.00. The van der Waals surface area contributed by atoms with Gasteiger partial charge in [-0.2, -0.15) is 13.2 Å². The maximum atomic E-state index is 13.4. The molecule has 1 N–H and O–H groups in total. The van der Waals surface area contributed by atoms with Crippen molar-refractivity contribution in [1.82, 2.24) is 19.7 Å². The second kappa shape index (κ2) is 11.9. The lowest BCUT2D eigenvalue weighted by Crippen LogP contribution is -2.47. The van der Waals surface area contributed by atoms with E-state index in [4.69, 9.17) is 4.74 Å². The number of carbonyl (C=O) groups is 2. The van der Waals surface area contributed by atoms with Gasteiger partial charge in [-0.15, -0.1) is 0 Å².